The minimum absolute atomic E-state index is 0.0848. The molecule has 176 valence electrons. The van der Waals surface area contributed by atoms with Crippen LogP contribution in [-0.4, -0.2) is 39.3 Å². The summed E-state index contributed by atoms with van der Waals surface area (Å²) >= 11 is 0. The number of methoxy groups -OCH3 is 1. The van der Waals surface area contributed by atoms with Gasteiger partial charge in [-0.2, -0.15) is 0 Å². The minimum Gasteiger partial charge on any atom is -0.497 e. The van der Waals surface area contributed by atoms with Crippen molar-refractivity contribution in [3.8, 4) is 17.6 Å². The first-order valence-electron chi connectivity index (χ1n) is 11.6. The van der Waals surface area contributed by atoms with E-state index in [1.165, 1.54) is 0 Å². The first-order chi connectivity index (χ1) is 14.6. The number of hydrogen-bond donors (Lipinski definition) is 1. The molecular weight excluding hydrogens is 404 g/mol. The maximum atomic E-state index is 10.4. The summed E-state index contributed by atoms with van der Waals surface area (Å²) in [5.74, 6) is 7.00. The highest BCUT2D eigenvalue weighted by atomic mass is 28.4. The molecule has 0 radical (unpaired) electrons. The average Bonchev–Trinajstić information content (AvgIpc) is 2.69. The van der Waals surface area contributed by atoms with E-state index < -0.39 is 14.4 Å². The minimum atomic E-state index is -1.84. The molecule has 1 aromatic carbocycles. The molecular formula is C26H44O4Si. The zero-order chi connectivity index (χ0) is 23.3. The largest absolute Gasteiger partial charge is 0.497 e. The lowest BCUT2D eigenvalue weighted by Gasteiger charge is -2.39. The van der Waals surface area contributed by atoms with Crippen molar-refractivity contribution < 1.29 is 19.0 Å². The lowest BCUT2D eigenvalue weighted by molar-refractivity contribution is 0.107. The fourth-order valence-corrected chi connectivity index (χ4v) is 4.37. The molecule has 0 amide bonds. The molecule has 1 aromatic rings. The van der Waals surface area contributed by atoms with Gasteiger partial charge in [0.1, 0.15) is 11.9 Å². The molecule has 0 saturated carbocycles. The Balaban J connectivity index is 2.28. The number of rotatable bonds is 13. The number of aliphatic hydroxyl groups excluding tert-OH is 1. The lowest BCUT2D eigenvalue weighted by Crippen LogP contribution is -2.44. The second kappa shape index (κ2) is 14.0. The number of unbranched alkanes of at least 4 members (excludes halogenated alkanes) is 2. The molecule has 1 N–H and O–H groups in total. The molecule has 0 aromatic heterocycles. The third-order valence-corrected chi connectivity index (χ3v) is 10.4. The number of ether oxygens (including phenoxy) is 2. The van der Waals surface area contributed by atoms with Gasteiger partial charge < -0.3 is 19.0 Å². The van der Waals surface area contributed by atoms with Gasteiger partial charge in [-0.1, -0.05) is 52.2 Å². The molecule has 0 aliphatic rings. The van der Waals surface area contributed by atoms with Gasteiger partial charge in [0.15, 0.2) is 8.32 Å². The fraction of sp³-hybridized carbons (Fsp3) is 0.692. The highest BCUT2D eigenvalue weighted by Gasteiger charge is 2.39. The Labute approximate surface area is 191 Å². The van der Waals surface area contributed by atoms with Gasteiger partial charge in [-0.3, -0.25) is 0 Å². The second-order valence-electron chi connectivity index (χ2n) is 9.72. The molecule has 31 heavy (non-hydrogen) atoms. The maximum absolute atomic E-state index is 10.4. The third-order valence-electron chi connectivity index (χ3n) is 5.90. The van der Waals surface area contributed by atoms with Gasteiger partial charge in [0.25, 0.3) is 0 Å². The third kappa shape index (κ3) is 11.2. The van der Waals surface area contributed by atoms with E-state index in [2.05, 4.69) is 52.6 Å². The predicted molar refractivity (Wildman–Crippen MR) is 132 cm³/mol. The van der Waals surface area contributed by atoms with Gasteiger partial charge in [0.05, 0.1) is 13.7 Å². The van der Waals surface area contributed by atoms with Gasteiger partial charge >= 0.3 is 0 Å². The predicted octanol–water partition coefficient (Wildman–Crippen LogP) is 6.33. The zero-order valence-electron chi connectivity index (χ0n) is 20.8. The van der Waals surface area contributed by atoms with Crippen LogP contribution in [0.4, 0.5) is 0 Å². The molecule has 2 atom stereocenters. The summed E-state index contributed by atoms with van der Waals surface area (Å²) in [5.41, 5.74) is 1.14. The molecule has 0 heterocycles. The van der Waals surface area contributed by atoms with Crippen molar-refractivity contribution in [3.63, 3.8) is 0 Å². The molecule has 0 aliphatic carbocycles. The molecule has 0 fully saturated rings. The molecule has 0 bridgehead atoms. The standard InChI is InChI=1S/C26H44O4Si/c1-8-13-25(30-31(6,7)26(2,3)4)20-23(27)14-11-9-10-12-19-29-21-22-15-17-24(28-5)18-16-22/h15-18,23,25,27H,8-10,12-13,19-21H2,1-7H3/t23?,25-/m1/s1. The highest BCUT2D eigenvalue weighted by molar-refractivity contribution is 6.74. The summed E-state index contributed by atoms with van der Waals surface area (Å²) in [6.45, 7) is 14.8. The van der Waals surface area contributed by atoms with Gasteiger partial charge in [-0.15, -0.1) is 5.92 Å². The summed E-state index contributed by atoms with van der Waals surface area (Å²) in [6, 6.07) is 7.93. The number of hydrogen-bond acceptors (Lipinski definition) is 4. The maximum Gasteiger partial charge on any atom is 0.192 e. The summed E-state index contributed by atoms with van der Waals surface area (Å²) in [7, 11) is -0.171. The van der Waals surface area contributed by atoms with Gasteiger partial charge in [-0.05, 0) is 55.1 Å². The van der Waals surface area contributed by atoms with E-state index in [9.17, 15) is 5.11 Å². The lowest BCUT2D eigenvalue weighted by atomic mass is 10.1. The molecule has 4 nitrogen and oxygen atoms in total. The second-order valence-corrected chi connectivity index (χ2v) is 14.5. The molecule has 1 rings (SSSR count). The van der Waals surface area contributed by atoms with E-state index in [0.717, 1.165) is 50.0 Å². The van der Waals surface area contributed by atoms with Crippen LogP contribution in [0.5, 0.6) is 5.75 Å². The van der Waals surface area contributed by atoms with Crippen LogP contribution < -0.4 is 4.74 Å². The Bertz CT molecular complexity index is 667. The summed E-state index contributed by atoms with van der Waals surface area (Å²) in [6.07, 6.45) is 4.80. The number of benzene rings is 1. The average molecular weight is 449 g/mol. The molecule has 0 saturated heterocycles. The topological polar surface area (TPSA) is 47.9 Å². The van der Waals surface area contributed by atoms with Crippen molar-refractivity contribution in [2.45, 2.75) is 103 Å². The molecule has 1 unspecified atom stereocenters. The monoisotopic (exact) mass is 448 g/mol. The Hall–Kier alpha value is -1.32. The van der Waals surface area contributed by atoms with E-state index in [4.69, 9.17) is 13.9 Å². The highest BCUT2D eigenvalue weighted by Crippen LogP contribution is 2.38. The Morgan fingerprint density at radius 1 is 1.10 bits per heavy atom. The van der Waals surface area contributed by atoms with Crippen LogP contribution in [0.1, 0.15) is 71.8 Å². The van der Waals surface area contributed by atoms with Crippen LogP contribution in [0.3, 0.4) is 0 Å². The van der Waals surface area contributed by atoms with E-state index in [1.807, 2.05) is 24.3 Å². The van der Waals surface area contributed by atoms with Crippen molar-refractivity contribution in [2.75, 3.05) is 13.7 Å². The summed E-state index contributed by atoms with van der Waals surface area (Å²) < 4.78 is 17.4. The molecule has 0 spiro atoms. The van der Waals surface area contributed by atoms with Crippen LogP contribution in [-0.2, 0) is 15.8 Å². The van der Waals surface area contributed by atoms with Gasteiger partial charge in [-0.25, -0.2) is 0 Å². The van der Waals surface area contributed by atoms with Gasteiger partial charge in [0, 0.05) is 25.6 Å². The van der Waals surface area contributed by atoms with Crippen LogP contribution in [0.15, 0.2) is 24.3 Å². The molecule has 5 heteroatoms. The Kier molecular flexibility index (Phi) is 12.5. The van der Waals surface area contributed by atoms with E-state index in [-0.39, 0.29) is 11.1 Å². The van der Waals surface area contributed by atoms with Crippen LogP contribution in [0.25, 0.3) is 0 Å². The van der Waals surface area contributed by atoms with Crippen molar-refractivity contribution in [3.05, 3.63) is 29.8 Å². The van der Waals surface area contributed by atoms with Crippen molar-refractivity contribution in [1.82, 2.24) is 0 Å². The van der Waals surface area contributed by atoms with Gasteiger partial charge in [0.2, 0.25) is 0 Å². The smallest absolute Gasteiger partial charge is 0.192 e. The number of aliphatic hydroxyl groups is 1. The Morgan fingerprint density at radius 2 is 1.77 bits per heavy atom. The van der Waals surface area contributed by atoms with Crippen LogP contribution in [0, 0.1) is 11.8 Å². The van der Waals surface area contributed by atoms with E-state index in [1.54, 1.807) is 7.11 Å². The summed E-state index contributed by atoms with van der Waals surface area (Å²) in [5, 5.41) is 10.5. The fourth-order valence-electron chi connectivity index (χ4n) is 2.97. The SMILES string of the molecule is CCC[C@H](CC(O)C#CCCCCOCc1ccc(OC)cc1)O[Si](C)(C)C(C)(C)C. The van der Waals surface area contributed by atoms with Crippen molar-refractivity contribution in [2.24, 2.45) is 0 Å². The quantitative estimate of drug-likeness (QED) is 0.218. The zero-order valence-corrected chi connectivity index (χ0v) is 21.8. The summed E-state index contributed by atoms with van der Waals surface area (Å²) in [4.78, 5) is 0. The van der Waals surface area contributed by atoms with Crippen molar-refractivity contribution >= 4 is 8.32 Å². The van der Waals surface area contributed by atoms with Crippen molar-refractivity contribution in [1.29, 1.82) is 0 Å². The van der Waals surface area contributed by atoms with E-state index in [0.29, 0.717) is 13.0 Å². The van der Waals surface area contributed by atoms with Crippen LogP contribution >= 0.6 is 0 Å². The van der Waals surface area contributed by atoms with E-state index >= 15 is 0 Å². The Morgan fingerprint density at radius 3 is 2.35 bits per heavy atom. The van der Waals surface area contributed by atoms with Crippen LogP contribution in [0.2, 0.25) is 18.1 Å². The normalized spacial score (nSPS) is 13.9. The molecule has 0 aliphatic heterocycles. The first-order valence-corrected chi connectivity index (χ1v) is 14.5. The first kappa shape index (κ1) is 27.7.